The first-order valence-electron chi connectivity index (χ1n) is 9.79. The number of furan rings is 1. The van der Waals surface area contributed by atoms with Crippen LogP contribution in [0.15, 0.2) is 75.4 Å². The van der Waals surface area contributed by atoms with E-state index in [-0.39, 0.29) is 36.2 Å². The molecule has 0 aromatic carbocycles. The van der Waals surface area contributed by atoms with Gasteiger partial charge in [0, 0.05) is 27.4 Å². The zero-order valence-electron chi connectivity index (χ0n) is 16.9. The van der Waals surface area contributed by atoms with Gasteiger partial charge in [-0.2, -0.15) is 5.26 Å². The van der Waals surface area contributed by atoms with E-state index in [0.29, 0.717) is 14.4 Å². The molecule has 2 aliphatic heterocycles. The first kappa shape index (κ1) is 21.9. The van der Waals surface area contributed by atoms with Gasteiger partial charge in [-0.25, -0.2) is 0 Å². The molecule has 0 bridgehead atoms. The number of carbonyl (C=O) groups excluding carboxylic acids is 1. The number of allylic oxidation sites excluding steroid dienone is 1. The number of thiophene rings is 2. The Kier molecular flexibility index (Phi) is 5.81. The molecule has 2 aliphatic rings. The second kappa shape index (κ2) is 8.76. The van der Waals surface area contributed by atoms with E-state index < -0.39 is 5.92 Å². The van der Waals surface area contributed by atoms with Crippen molar-refractivity contribution in [3.05, 3.63) is 95.2 Å². The molecule has 166 valence electrons. The Morgan fingerprint density at radius 2 is 1.97 bits per heavy atom. The van der Waals surface area contributed by atoms with E-state index in [1.54, 1.807) is 23.1 Å². The smallest absolute Gasteiger partial charge is 0.290 e. The molecular formula is C23H15Cl2N3O3S2. The maximum absolute atomic E-state index is 13.2. The summed E-state index contributed by atoms with van der Waals surface area (Å²) in [6.45, 7) is 0.525. The van der Waals surface area contributed by atoms with E-state index in [2.05, 4.69) is 6.07 Å². The van der Waals surface area contributed by atoms with Crippen molar-refractivity contribution in [2.75, 3.05) is 13.1 Å². The van der Waals surface area contributed by atoms with Gasteiger partial charge in [-0.05, 0) is 42.5 Å². The molecular weight excluding hydrogens is 501 g/mol. The number of nitriles is 1. The number of nitrogens with two attached hydrogens (primary N) is 1. The molecule has 0 aliphatic carbocycles. The highest BCUT2D eigenvalue weighted by molar-refractivity contribution is 7.17. The average molecular weight is 516 g/mol. The quantitative estimate of drug-likeness (QED) is 0.460. The molecule has 33 heavy (non-hydrogen) atoms. The molecule has 2 N–H and O–H groups in total. The summed E-state index contributed by atoms with van der Waals surface area (Å²) in [5, 5.41) is 9.88. The van der Waals surface area contributed by atoms with Crippen LogP contribution >= 0.6 is 45.9 Å². The minimum absolute atomic E-state index is 0.0479. The highest BCUT2D eigenvalue weighted by Crippen LogP contribution is 2.46. The molecule has 1 atom stereocenters. The molecule has 6 nitrogen and oxygen atoms in total. The van der Waals surface area contributed by atoms with Crippen molar-refractivity contribution in [2.24, 2.45) is 5.73 Å². The van der Waals surface area contributed by atoms with Crippen molar-refractivity contribution in [3.8, 4) is 6.07 Å². The van der Waals surface area contributed by atoms with Crippen LogP contribution in [0.3, 0.4) is 0 Å². The lowest BCUT2D eigenvalue weighted by Gasteiger charge is -2.37. The van der Waals surface area contributed by atoms with Crippen LogP contribution in [0.5, 0.6) is 0 Å². The zero-order chi connectivity index (χ0) is 23.1. The maximum atomic E-state index is 13.2. The first-order chi connectivity index (χ1) is 15.9. The summed E-state index contributed by atoms with van der Waals surface area (Å²) in [6.07, 6.45) is 3.39. The number of amides is 1. The summed E-state index contributed by atoms with van der Waals surface area (Å²) >= 11 is 15.1. The number of carbonyl (C=O) groups is 1. The van der Waals surface area contributed by atoms with Crippen LogP contribution in [0.1, 0.15) is 26.2 Å². The second-order valence-electron chi connectivity index (χ2n) is 7.37. The average Bonchev–Trinajstić information content (AvgIpc) is 3.55. The van der Waals surface area contributed by atoms with E-state index in [0.717, 1.165) is 20.9 Å². The van der Waals surface area contributed by atoms with Gasteiger partial charge in [0.2, 0.25) is 5.88 Å². The van der Waals surface area contributed by atoms with Gasteiger partial charge < -0.3 is 19.8 Å². The van der Waals surface area contributed by atoms with Gasteiger partial charge >= 0.3 is 0 Å². The summed E-state index contributed by atoms with van der Waals surface area (Å²) in [5.41, 5.74) is 8.00. The van der Waals surface area contributed by atoms with Crippen molar-refractivity contribution in [2.45, 2.75) is 5.92 Å². The van der Waals surface area contributed by atoms with Gasteiger partial charge in [0.25, 0.3) is 5.91 Å². The van der Waals surface area contributed by atoms with Crippen LogP contribution in [0.4, 0.5) is 0 Å². The molecule has 10 heteroatoms. The van der Waals surface area contributed by atoms with E-state index in [9.17, 15) is 10.1 Å². The predicted octanol–water partition coefficient (Wildman–Crippen LogP) is 6.01. The standard InChI is InChI=1S/C23H15Cl2N3O3S2/c24-18-5-3-13(32-18)8-12-10-28(23(29)16-2-1-7-30-16)11-15-20(17-4-6-19(25)33-17)14(9-26)22(27)31-21(12)15/h1-8,20H,10-11,27H2/b12-8+. The van der Waals surface area contributed by atoms with Gasteiger partial charge in [-0.3, -0.25) is 4.79 Å². The lowest BCUT2D eigenvalue weighted by atomic mass is 9.83. The molecule has 1 amide bonds. The van der Waals surface area contributed by atoms with Crippen LogP contribution in [0, 0.1) is 11.3 Å². The highest BCUT2D eigenvalue weighted by Gasteiger charge is 2.40. The van der Waals surface area contributed by atoms with E-state index in [4.69, 9.17) is 38.1 Å². The molecule has 1 unspecified atom stereocenters. The monoisotopic (exact) mass is 515 g/mol. The molecule has 0 radical (unpaired) electrons. The topological polar surface area (TPSA) is 92.5 Å². The Labute approximate surface area is 207 Å². The normalized spacial score (nSPS) is 19.5. The number of nitrogens with zero attached hydrogens (tertiary/aromatic N) is 2. The van der Waals surface area contributed by atoms with Gasteiger partial charge in [-0.15, -0.1) is 22.7 Å². The highest BCUT2D eigenvalue weighted by atomic mass is 35.5. The molecule has 5 rings (SSSR count). The van der Waals surface area contributed by atoms with Crippen molar-refractivity contribution < 1.29 is 13.9 Å². The summed E-state index contributed by atoms with van der Waals surface area (Å²) in [4.78, 5) is 16.6. The SMILES string of the molecule is N#CC1=C(N)OC2=C(CN(C(=O)c3ccco3)C/C2=C\c2ccc(Cl)s2)C1c1ccc(Cl)s1. The maximum Gasteiger partial charge on any atom is 0.290 e. The molecule has 0 fully saturated rings. The van der Waals surface area contributed by atoms with Crippen LogP contribution < -0.4 is 5.73 Å². The number of hydrogen-bond donors (Lipinski definition) is 1. The molecule has 0 saturated heterocycles. The third-order valence-corrected chi connectivity index (χ3v) is 7.82. The largest absolute Gasteiger partial charge is 0.459 e. The molecule has 0 spiro atoms. The van der Waals surface area contributed by atoms with Crippen molar-refractivity contribution in [1.82, 2.24) is 4.90 Å². The molecule has 3 aromatic rings. The van der Waals surface area contributed by atoms with E-state index in [1.165, 1.54) is 28.9 Å². The van der Waals surface area contributed by atoms with Crippen molar-refractivity contribution >= 4 is 57.9 Å². The Hall–Kier alpha value is -2.96. The predicted molar refractivity (Wildman–Crippen MR) is 129 cm³/mol. The summed E-state index contributed by atoms with van der Waals surface area (Å²) < 4.78 is 12.6. The number of halogens is 2. The zero-order valence-corrected chi connectivity index (χ0v) is 20.0. The van der Waals surface area contributed by atoms with E-state index >= 15 is 0 Å². The van der Waals surface area contributed by atoms with Crippen LogP contribution in [0.25, 0.3) is 6.08 Å². The summed E-state index contributed by atoms with van der Waals surface area (Å²) in [7, 11) is 0. The Bertz CT molecular complexity index is 1380. The number of ether oxygens (including phenoxy) is 1. The van der Waals surface area contributed by atoms with Crippen molar-refractivity contribution in [1.29, 1.82) is 5.26 Å². The third kappa shape index (κ3) is 4.09. The summed E-state index contributed by atoms with van der Waals surface area (Å²) in [6, 6.07) is 12.8. The van der Waals surface area contributed by atoms with Crippen LogP contribution in [0.2, 0.25) is 8.67 Å². The number of hydrogen-bond acceptors (Lipinski definition) is 7. The molecule has 5 heterocycles. The lowest BCUT2D eigenvalue weighted by molar-refractivity contribution is 0.0736. The Balaban J connectivity index is 1.66. The minimum atomic E-state index is -0.473. The minimum Gasteiger partial charge on any atom is -0.459 e. The fourth-order valence-corrected chi connectivity index (χ4v) is 6.19. The third-order valence-electron chi connectivity index (χ3n) is 5.35. The van der Waals surface area contributed by atoms with Gasteiger partial charge in [0.15, 0.2) is 5.76 Å². The second-order valence-corrected chi connectivity index (χ2v) is 10.9. The van der Waals surface area contributed by atoms with Gasteiger partial charge in [0.05, 0.1) is 27.4 Å². The Morgan fingerprint density at radius 1 is 1.18 bits per heavy atom. The fraction of sp³-hybridized carbons (Fsp3) is 0.130. The van der Waals surface area contributed by atoms with Crippen molar-refractivity contribution in [3.63, 3.8) is 0 Å². The van der Waals surface area contributed by atoms with Gasteiger partial charge in [-0.1, -0.05) is 23.2 Å². The molecule has 3 aromatic heterocycles. The Morgan fingerprint density at radius 3 is 2.61 bits per heavy atom. The number of rotatable bonds is 3. The van der Waals surface area contributed by atoms with Crippen LogP contribution in [-0.4, -0.2) is 23.9 Å². The van der Waals surface area contributed by atoms with Crippen LogP contribution in [-0.2, 0) is 4.74 Å². The first-order valence-corrected chi connectivity index (χ1v) is 12.2. The van der Waals surface area contributed by atoms with E-state index in [1.807, 2.05) is 24.3 Å². The van der Waals surface area contributed by atoms with Gasteiger partial charge in [0.1, 0.15) is 17.4 Å². The lowest BCUT2D eigenvalue weighted by Crippen LogP contribution is -2.41. The molecule has 0 saturated carbocycles. The fourth-order valence-electron chi connectivity index (χ4n) is 3.96. The summed E-state index contributed by atoms with van der Waals surface area (Å²) in [5.74, 6) is 0.116.